The molecule has 1 aromatic rings. The lowest BCUT2D eigenvalue weighted by atomic mass is 10.1. The summed E-state index contributed by atoms with van der Waals surface area (Å²) in [5.41, 5.74) is 1.45. The van der Waals surface area contributed by atoms with Crippen molar-refractivity contribution < 1.29 is 19.4 Å². The Morgan fingerprint density at radius 2 is 2.43 bits per heavy atom. The van der Waals surface area contributed by atoms with Gasteiger partial charge in [0.15, 0.2) is 0 Å². The normalized spacial score (nSPS) is 19.0. The first kappa shape index (κ1) is 15.3. The van der Waals surface area contributed by atoms with Crippen molar-refractivity contribution >= 4 is 5.97 Å². The van der Waals surface area contributed by atoms with Gasteiger partial charge in [-0.15, -0.1) is 0 Å². The molecular formula is C15H18N2O4. The molecule has 1 aliphatic heterocycles. The predicted octanol–water partition coefficient (Wildman–Crippen LogP) is 1.24. The number of rotatable bonds is 5. The number of carboxylic acids is 1. The third kappa shape index (κ3) is 3.94. The van der Waals surface area contributed by atoms with E-state index < -0.39 is 5.97 Å². The number of aliphatic carboxylic acids is 1. The molecule has 0 radical (unpaired) electrons. The van der Waals surface area contributed by atoms with Gasteiger partial charge in [0.2, 0.25) is 0 Å². The molecule has 1 aliphatic rings. The molecular weight excluding hydrogens is 272 g/mol. The Balaban J connectivity index is 2.18. The fourth-order valence-electron chi connectivity index (χ4n) is 2.48. The second-order valence-corrected chi connectivity index (χ2v) is 4.94. The smallest absolute Gasteiger partial charge is 0.305 e. The Labute approximate surface area is 123 Å². The van der Waals surface area contributed by atoms with Gasteiger partial charge < -0.3 is 14.6 Å². The van der Waals surface area contributed by atoms with Gasteiger partial charge in [0, 0.05) is 24.7 Å². The minimum Gasteiger partial charge on any atom is -0.496 e. The van der Waals surface area contributed by atoms with E-state index in [4.69, 9.17) is 19.8 Å². The average molecular weight is 290 g/mol. The Bertz CT molecular complexity index is 553. The minimum atomic E-state index is -0.840. The van der Waals surface area contributed by atoms with Crippen LogP contribution in [0.1, 0.15) is 17.5 Å². The molecule has 6 nitrogen and oxygen atoms in total. The number of morpholine rings is 1. The highest BCUT2D eigenvalue weighted by molar-refractivity contribution is 5.67. The molecule has 1 heterocycles. The summed E-state index contributed by atoms with van der Waals surface area (Å²) in [7, 11) is 1.58. The summed E-state index contributed by atoms with van der Waals surface area (Å²) in [6.07, 6.45) is 0.0419. The third-order valence-corrected chi connectivity index (χ3v) is 3.54. The number of benzene rings is 1. The first-order valence-corrected chi connectivity index (χ1v) is 6.74. The Hall–Kier alpha value is -2.10. The molecule has 1 unspecified atom stereocenters. The van der Waals surface area contributed by atoms with Crippen LogP contribution < -0.4 is 4.74 Å². The number of nitrogens with zero attached hydrogens (tertiary/aromatic N) is 2. The van der Waals surface area contributed by atoms with E-state index in [-0.39, 0.29) is 12.5 Å². The van der Waals surface area contributed by atoms with Crippen molar-refractivity contribution in [2.75, 3.05) is 26.9 Å². The second kappa shape index (κ2) is 7.07. The number of ether oxygens (including phenoxy) is 2. The molecule has 1 saturated heterocycles. The van der Waals surface area contributed by atoms with Crippen LogP contribution in [0, 0.1) is 11.3 Å². The fourth-order valence-corrected chi connectivity index (χ4v) is 2.48. The summed E-state index contributed by atoms with van der Waals surface area (Å²) in [6.45, 7) is 2.20. The van der Waals surface area contributed by atoms with Crippen molar-refractivity contribution in [2.24, 2.45) is 0 Å². The summed E-state index contributed by atoms with van der Waals surface area (Å²) in [5.74, 6) is -0.136. The molecule has 21 heavy (non-hydrogen) atoms. The zero-order chi connectivity index (χ0) is 15.2. The number of methoxy groups -OCH3 is 1. The summed E-state index contributed by atoms with van der Waals surface area (Å²) < 4.78 is 10.7. The molecule has 0 bridgehead atoms. The van der Waals surface area contributed by atoms with Crippen LogP contribution in [0.5, 0.6) is 5.75 Å². The standard InChI is InChI=1S/C15H18N2O4/c1-20-14-3-2-11(8-16)6-12(14)9-17-4-5-21-10-13(17)7-15(18)19/h2-3,6,13H,4-5,7,9-10H2,1H3,(H,18,19). The lowest BCUT2D eigenvalue weighted by Crippen LogP contribution is -2.45. The lowest BCUT2D eigenvalue weighted by Gasteiger charge is -2.35. The number of nitriles is 1. The second-order valence-electron chi connectivity index (χ2n) is 4.94. The maximum Gasteiger partial charge on any atom is 0.305 e. The van der Waals surface area contributed by atoms with Gasteiger partial charge in [0.1, 0.15) is 5.75 Å². The van der Waals surface area contributed by atoms with E-state index in [9.17, 15) is 4.79 Å². The largest absolute Gasteiger partial charge is 0.496 e. The van der Waals surface area contributed by atoms with E-state index in [2.05, 4.69) is 11.0 Å². The molecule has 0 aliphatic carbocycles. The topological polar surface area (TPSA) is 82.8 Å². The molecule has 1 N–H and O–H groups in total. The van der Waals surface area contributed by atoms with Crippen LogP contribution in [0.15, 0.2) is 18.2 Å². The van der Waals surface area contributed by atoms with Gasteiger partial charge in [-0.2, -0.15) is 5.26 Å². The molecule has 112 valence electrons. The minimum absolute atomic E-state index is 0.0419. The quantitative estimate of drug-likeness (QED) is 0.878. The molecule has 0 saturated carbocycles. The average Bonchev–Trinajstić information content (AvgIpc) is 2.48. The van der Waals surface area contributed by atoms with E-state index in [1.165, 1.54) is 0 Å². The third-order valence-electron chi connectivity index (χ3n) is 3.54. The van der Waals surface area contributed by atoms with Crippen LogP contribution in [0.3, 0.4) is 0 Å². The van der Waals surface area contributed by atoms with Crippen LogP contribution in [0.25, 0.3) is 0 Å². The first-order chi connectivity index (χ1) is 10.1. The van der Waals surface area contributed by atoms with Crippen molar-refractivity contribution in [1.82, 2.24) is 4.90 Å². The van der Waals surface area contributed by atoms with Gasteiger partial charge in [-0.1, -0.05) is 0 Å². The Morgan fingerprint density at radius 1 is 1.62 bits per heavy atom. The van der Waals surface area contributed by atoms with E-state index in [1.54, 1.807) is 25.3 Å². The highest BCUT2D eigenvalue weighted by atomic mass is 16.5. The first-order valence-electron chi connectivity index (χ1n) is 6.74. The van der Waals surface area contributed by atoms with Gasteiger partial charge in [0.25, 0.3) is 0 Å². The van der Waals surface area contributed by atoms with Gasteiger partial charge in [0.05, 0.1) is 38.4 Å². The van der Waals surface area contributed by atoms with Crippen LogP contribution >= 0.6 is 0 Å². The van der Waals surface area contributed by atoms with Crippen molar-refractivity contribution in [3.05, 3.63) is 29.3 Å². The molecule has 0 aromatic heterocycles. The monoisotopic (exact) mass is 290 g/mol. The maximum atomic E-state index is 10.9. The summed E-state index contributed by atoms with van der Waals surface area (Å²) in [5, 5.41) is 18.0. The lowest BCUT2D eigenvalue weighted by molar-refractivity contribution is -0.140. The van der Waals surface area contributed by atoms with Crippen LogP contribution in [0.2, 0.25) is 0 Å². The molecule has 2 rings (SSSR count). The van der Waals surface area contributed by atoms with Crippen molar-refractivity contribution in [1.29, 1.82) is 5.26 Å². The summed E-state index contributed by atoms with van der Waals surface area (Å²) in [6, 6.07) is 7.20. The summed E-state index contributed by atoms with van der Waals surface area (Å²) >= 11 is 0. The number of carbonyl (C=O) groups is 1. The molecule has 0 amide bonds. The van der Waals surface area contributed by atoms with Gasteiger partial charge in [-0.25, -0.2) is 0 Å². The Morgan fingerprint density at radius 3 is 3.10 bits per heavy atom. The van der Waals surface area contributed by atoms with E-state index in [0.29, 0.717) is 37.6 Å². The van der Waals surface area contributed by atoms with Crippen LogP contribution in [-0.2, 0) is 16.1 Å². The van der Waals surface area contributed by atoms with Gasteiger partial charge >= 0.3 is 5.97 Å². The van der Waals surface area contributed by atoms with Gasteiger partial charge in [-0.3, -0.25) is 9.69 Å². The van der Waals surface area contributed by atoms with Gasteiger partial charge in [-0.05, 0) is 18.2 Å². The SMILES string of the molecule is COc1ccc(C#N)cc1CN1CCOCC1CC(=O)O. The van der Waals surface area contributed by atoms with Crippen molar-refractivity contribution in [3.63, 3.8) is 0 Å². The predicted molar refractivity (Wildman–Crippen MR) is 75.0 cm³/mol. The molecule has 0 spiro atoms. The van der Waals surface area contributed by atoms with E-state index >= 15 is 0 Å². The highest BCUT2D eigenvalue weighted by Gasteiger charge is 2.26. The van der Waals surface area contributed by atoms with E-state index in [0.717, 1.165) is 5.56 Å². The number of carboxylic acid groups (broad SMARTS) is 1. The summed E-state index contributed by atoms with van der Waals surface area (Å²) in [4.78, 5) is 13.0. The molecule has 1 aromatic carbocycles. The van der Waals surface area contributed by atoms with E-state index in [1.807, 2.05) is 0 Å². The van der Waals surface area contributed by atoms with Crippen LogP contribution in [-0.4, -0.2) is 48.9 Å². The Kier molecular flexibility index (Phi) is 5.14. The highest BCUT2D eigenvalue weighted by Crippen LogP contribution is 2.23. The maximum absolute atomic E-state index is 10.9. The fraction of sp³-hybridized carbons (Fsp3) is 0.467. The van der Waals surface area contributed by atoms with Crippen LogP contribution in [0.4, 0.5) is 0 Å². The number of hydrogen-bond donors (Lipinski definition) is 1. The van der Waals surface area contributed by atoms with Crippen molar-refractivity contribution in [3.8, 4) is 11.8 Å². The zero-order valence-corrected chi connectivity index (χ0v) is 11.9. The zero-order valence-electron chi connectivity index (χ0n) is 11.9. The molecule has 1 atom stereocenters. The van der Waals surface area contributed by atoms with Crippen molar-refractivity contribution in [2.45, 2.75) is 19.0 Å². The molecule has 1 fully saturated rings. The number of hydrogen-bond acceptors (Lipinski definition) is 5. The molecule has 6 heteroatoms.